The van der Waals surface area contributed by atoms with Gasteiger partial charge in [-0.05, 0) is 19.4 Å². The van der Waals surface area contributed by atoms with Crippen molar-refractivity contribution in [2.45, 2.75) is 26.6 Å². The van der Waals surface area contributed by atoms with E-state index >= 15 is 0 Å². The van der Waals surface area contributed by atoms with Crippen LogP contribution in [0.2, 0.25) is 0 Å². The number of nitrogens with one attached hydrogen (secondary N) is 1. The van der Waals surface area contributed by atoms with Gasteiger partial charge in [0.1, 0.15) is 4.88 Å². The van der Waals surface area contributed by atoms with E-state index in [4.69, 9.17) is 0 Å². The van der Waals surface area contributed by atoms with E-state index in [1.54, 1.807) is 0 Å². The molecule has 1 N–H and O–H groups in total. The number of carbonyl (C=O) groups is 1. The quantitative estimate of drug-likeness (QED) is 0.938. The van der Waals surface area contributed by atoms with Crippen molar-refractivity contribution in [2.75, 3.05) is 0 Å². The first-order valence-corrected chi connectivity index (χ1v) is 6.97. The van der Waals surface area contributed by atoms with Gasteiger partial charge in [0.25, 0.3) is 5.91 Å². The minimum Gasteiger partial charge on any atom is -0.347 e. The van der Waals surface area contributed by atoms with Crippen LogP contribution in [0.25, 0.3) is 0 Å². The molecule has 0 fully saturated rings. The van der Waals surface area contributed by atoms with E-state index in [1.165, 1.54) is 6.92 Å². The van der Waals surface area contributed by atoms with Crippen LogP contribution in [-0.4, -0.2) is 10.9 Å². The highest BCUT2D eigenvalue weighted by Gasteiger charge is 2.36. The normalized spacial score (nSPS) is 11.5. The third kappa shape index (κ3) is 3.81. The van der Waals surface area contributed by atoms with Gasteiger partial charge in [-0.2, -0.15) is 13.2 Å². The molecule has 0 aliphatic heterocycles. The topological polar surface area (TPSA) is 42.0 Å². The maximum atomic E-state index is 12.5. The Labute approximate surface area is 123 Å². The Hall–Kier alpha value is -1.89. The zero-order valence-corrected chi connectivity index (χ0v) is 12.2. The van der Waals surface area contributed by atoms with E-state index in [-0.39, 0.29) is 17.1 Å². The summed E-state index contributed by atoms with van der Waals surface area (Å²) < 4.78 is 37.6. The van der Waals surface area contributed by atoms with Crippen molar-refractivity contribution in [3.63, 3.8) is 0 Å². The van der Waals surface area contributed by atoms with E-state index in [2.05, 4.69) is 10.3 Å². The van der Waals surface area contributed by atoms with Crippen LogP contribution in [-0.2, 0) is 12.7 Å². The molecule has 0 radical (unpaired) electrons. The Morgan fingerprint density at radius 1 is 1.24 bits per heavy atom. The van der Waals surface area contributed by atoms with E-state index in [9.17, 15) is 18.0 Å². The average molecular weight is 314 g/mol. The minimum absolute atomic E-state index is 0.00515. The minimum atomic E-state index is -4.52. The van der Waals surface area contributed by atoms with Gasteiger partial charge in [0, 0.05) is 6.54 Å². The molecule has 0 spiro atoms. The Morgan fingerprint density at radius 2 is 1.86 bits per heavy atom. The Morgan fingerprint density at radius 3 is 2.38 bits per heavy atom. The first kappa shape index (κ1) is 15.5. The van der Waals surface area contributed by atoms with Crippen molar-refractivity contribution in [1.82, 2.24) is 10.3 Å². The second kappa shape index (κ2) is 5.85. The number of hydrogen-bond acceptors (Lipinski definition) is 3. The molecule has 1 aromatic heterocycles. The predicted octanol–water partition coefficient (Wildman–Crippen LogP) is 3.71. The van der Waals surface area contributed by atoms with Crippen molar-refractivity contribution >= 4 is 17.2 Å². The van der Waals surface area contributed by atoms with Crippen molar-refractivity contribution in [3.8, 4) is 0 Å². The summed E-state index contributed by atoms with van der Waals surface area (Å²) in [7, 11) is 0. The third-order valence-electron chi connectivity index (χ3n) is 2.82. The lowest BCUT2D eigenvalue weighted by Gasteiger charge is -2.04. The number of halogens is 3. The summed E-state index contributed by atoms with van der Waals surface area (Å²) in [5.74, 6) is -0.541. The first-order chi connectivity index (χ1) is 9.77. The van der Waals surface area contributed by atoms with Crippen LogP contribution in [0.5, 0.6) is 0 Å². The number of rotatable bonds is 3. The summed E-state index contributed by atoms with van der Waals surface area (Å²) >= 11 is 0.364. The Balaban J connectivity index is 2.07. The summed E-state index contributed by atoms with van der Waals surface area (Å²) in [6.45, 7) is 3.60. The number of aromatic nitrogens is 1. The monoisotopic (exact) mass is 314 g/mol. The number of hydrogen-bond donors (Lipinski definition) is 1. The lowest BCUT2D eigenvalue weighted by atomic mass is 10.1. The van der Waals surface area contributed by atoms with Crippen LogP contribution >= 0.6 is 11.3 Å². The highest BCUT2D eigenvalue weighted by molar-refractivity contribution is 7.13. The van der Waals surface area contributed by atoms with Gasteiger partial charge in [0.2, 0.25) is 0 Å². The molecule has 21 heavy (non-hydrogen) atoms. The summed E-state index contributed by atoms with van der Waals surface area (Å²) in [6, 6.07) is 7.52. The Bertz CT molecular complexity index is 647. The molecule has 2 aromatic rings. The molecule has 0 saturated heterocycles. The Kier molecular flexibility index (Phi) is 4.32. The van der Waals surface area contributed by atoms with Crippen LogP contribution in [0.4, 0.5) is 13.2 Å². The molecule has 1 heterocycles. The molecule has 112 valence electrons. The molecule has 2 rings (SSSR count). The lowest BCUT2D eigenvalue weighted by Crippen LogP contribution is -2.22. The predicted molar refractivity (Wildman–Crippen MR) is 74.2 cm³/mol. The van der Waals surface area contributed by atoms with Gasteiger partial charge in [-0.15, -0.1) is 11.3 Å². The number of thiazole rings is 1. The number of aryl methyl sites for hydroxylation is 2. The SMILES string of the molecule is Cc1ccc(CNC(=O)c2sc(C(F)(F)F)nc2C)cc1. The van der Waals surface area contributed by atoms with Crippen LogP contribution in [0.1, 0.15) is 31.5 Å². The number of nitrogens with zero attached hydrogens (tertiary/aromatic N) is 1. The van der Waals surface area contributed by atoms with E-state index in [1.807, 2.05) is 31.2 Å². The highest BCUT2D eigenvalue weighted by Crippen LogP contribution is 2.33. The van der Waals surface area contributed by atoms with Crippen molar-refractivity contribution in [2.24, 2.45) is 0 Å². The summed E-state index contributed by atoms with van der Waals surface area (Å²) in [6.07, 6.45) is -4.52. The summed E-state index contributed by atoms with van der Waals surface area (Å²) in [4.78, 5) is 15.3. The van der Waals surface area contributed by atoms with E-state index in [0.717, 1.165) is 11.1 Å². The molecule has 3 nitrogen and oxygen atoms in total. The molecular formula is C14H13F3N2OS. The number of benzene rings is 1. The van der Waals surface area contributed by atoms with Gasteiger partial charge in [-0.3, -0.25) is 4.79 Å². The molecule has 0 unspecified atom stereocenters. The zero-order chi connectivity index (χ0) is 15.6. The second-order valence-electron chi connectivity index (χ2n) is 4.60. The van der Waals surface area contributed by atoms with E-state index in [0.29, 0.717) is 11.3 Å². The zero-order valence-electron chi connectivity index (χ0n) is 11.4. The largest absolute Gasteiger partial charge is 0.443 e. The van der Waals surface area contributed by atoms with Crippen LogP contribution in [0.15, 0.2) is 24.3 Å². The van der Waals surface area contributed by atoms with Gasteiger partial charge >= 0.3 is 6.18 Å². The number of amides is 1. The van der Waals surface area contributed by atoms with Gasteiger partial charge in [0.05, 0.1) is 5.69 Å². The fourth-order valence-corrected chi connectivity index (χ4v) is 2.55. The van der Waals surface area contributed by atoms with Crippen molar-refractivity contribution in [1.29, 1.82) is 0 Å². The van der Waals surface area contributed by atoms with Crippen molar-refractivity contribution in [3.05, 3.63) is 51.0 Å². The molecule has 0 aliphatic rings. The van der Waals surface area contributed by atoms with Gasteiger partial charge < -0.3 is 5.32 Å². The molecule has 0 bridgehead atoms. The van der Waals surface area contributed by atoms with Gasteiger partial charge in [-0.25, -0.2) is 4.98 Å². The molecule has 0 saturated carbocycles. The van der Waals surface area contributed by atoms with Crippen LogP contribution in [0, 0.1) is 13.8 Å². The highest BCUT2D eigenvalue weighted by atomic mass is 32.1. The first-order valence-electron chi connectivity index (χ1n) is 6.16. The van der Waals surface area contributed by atoms with Gasteiger partial charge in [-0.1, -0.05) is 29.8 Å². The van der Waals surface area contributed by atoms with Crippen LogP contribution < -0.4 is 5.32 Å². The standard InChI is InChI=1S/C14H13F3N2OS/c1-8-3-5-10(6-4-8)7-18-12(20)11-9(2)19-13(21-11)14(15,16)17/h3-6H,7H2,1-2H3,(H,18,20). The summed E-state index contributed by atoms with van der Waals surface area (Å²) in [5.41, 5.74) is 2.07. The molecule has 0 atom stereocenters. The average Bonchev–Trinajstić information content (AvgIpc) is 2.80. The number of carbonyl (C=O) groups excluding carboxylic acids is 1. The maximum absolute atomic E-state index is 12.5. The molecule has 1 amide bonds. The second-order valence-corrected chi connectivity index (χ2v) is 5.60. The van der Waals surface area contributed by atoms with E-state index < -0.39 is 17.1 Å². The third-order valence-corrected chi connectivity index (χ3v) is 4.02. The number of alkyl halides is 3. The molecule has 7 heteroatoms. The molecule has 0 aliphatic carbocycles. The fourth-order valence-electron chi connectivity index (χ4n) is 1.70. The van der Waals surface area contributed by atoms with Gasteiger partial charge in [0.15, 0.2) is 5.01 Å². The fraction of sp³-hybridized carbons (Fsp3) is 0.286. The molecular weight excluding hydrogens is 301 g/mol. The smallest absolute Gasteiger partial charge is 0.347 e. The summed E-state index contributed by atoms with van der Waals surface area (Å²) in [5, 5.41) is 1.60. The lowest BCUT2D eigenvalue weighted by molar-refractivity contribution is -0.137. The molecule has 1 aromatic carbocycles. The maximum Gasteiger partial charge on any atom is 0.443 e. The van der Waals surface area contributed by atoms with Crippen molar-refractivity contribution < 1.29 is 18.0 Å². The van der Waals surface area contributed by atoms with Crippen LogP contribution in [0.3, 0.4) is 0 Å².